The summed E-state index contributed by atoms with van der Waals surface area (Å²) in [5, 5.41) is 5.23. The maximum atomic E-state index is 12.3. The summed E-state index contributed by atoms with van der Waals surface area (Å²) in [6.07, 6.45) is 2.64. The molecule has 27 heavy (non-hydrogen) atoms. The summed E-state index contributed by atoms with van der Waals surface area (Å²) in [5.74, 6) is 1.96. The van der Waals surface area contributed by atoms with Crippen LogP contribution in [0.4, 0.5) is 0 Å². The van der Waals surface area contributed by atoms with Crippen molar-refractivity contribution < 1.29 is 14.3 Å². The molecule has 0 unspecified atom stereocenters. The molecule has 6 heteroatoms. The highest BCUT2D eigenvalue weighted by atomic mass is 32.1. The van der Waals surface area contributed by atoms with Gasteiger partial charge in [0.05, 0.1) is 20.6 Å². The van der Waals surface area contributed by atoms with Gasteiger partial charge in [0.15, 0.2) is 11.5 Å². The molecular formula is C21H28N2O3S. The van der Waals surface area contributed by atoms with Crippen molar-refractivity contribution in [2.75, 3.05) is 33.9 Å². The number of benzene rings is 1. The van der Waals surface area contributed by atoms with Gasteiger partial charge < -0.3 is 14.8 Å². The summed E-state index contributed by atoms with van der Waals surface area (Å²) >= 11 is 1.82. The van der Waals surface area contributed by atoms with Crippen LogP contribution < -0.4 is 14.8 Å². The Balaban J connectivity index is 1.39. The number of amides is 1. The van der Waals surface area contributed by atoms with Crippen LogP contribution in [0.15, 0.2) is 35.7 Å². The predicted octanol–water partition coefficient (Wildman–Crippen LogP) is 3.34. The lowest BCUT2D eigenvalue weighted by molar-refractivity contribution is -0.120. The first-order chi connectivity index (χ1) is 13.2. The average molecular weight is 389 g/mol. The molecular weight excluding hydrogens is 360 g/mol. The van der Waals surface area contributed by atoms with Gasteiger partial charge in [-0.2, -0.15) is 0 Å². The van der Waals surface area contributed by atoms with Gasteiger partial charge in [0.1, 0.15) is 0 Å². The van der Waals surface area contributed by atoms with E-state index in [4.69, 9.17) is 9.47 Å². The molecule has 146 valence electrons. The van der Waals surface area contributed by atoms with E-state index in [0.29, 0.717) is 23.8 Å². The highest BCUT2D eigenvalue weighted by molar-refractivity contribution is 7.09. The van der Waals surface area contributed by atoms with Crippen LogP contribution in [0.25, 0.3) is 0 Å². The lowest BCUT2D eigenvalue weighted by Crippen LogP contribution is -2.38. The topological polar surface area (TPSA) is 50.8 Å². The first kappa shape index (κ1) is 19.7. The van der Waals surface area contributed by atoms with Crippen molar-refractivity contribution >= 4 is 17.2 Å². The third kappa shape index (κ3) is 5.71. The number of likely N-dealkylation sites (tertiary alicyclic amines) is 1. The number of rotatable bonds is 8. The summed E-state index contributed by atoms with van der Waals surface area (Å²) in [7, 11) is 3.21. The average Bonchev–Trinajstić information content (AvgIpc) is 3.20. The molecule has 1 aromatic heterocycles. The number of carbonyl (C=O) groups excluding carboxylic acids is 1. The quantitative estimate of drug-likeness (QED) is 0.754. The monoisotopic (exact) mass is 388 g/mol. The Bertz CT molecular complexity index is 725. The van der Waals surface area contributed by atoms with Gasteiger partial charge in [-0.15, -0.1) is 11.3 Å². The molecule has 1 amide bonds. The number of piperidine rings is 1. The normalized spacial score (nSPS) is 15.5. The Kier molecular flexibility index (Phi) is 7.12. The molecule has 1 aliphatic heterocycles. The summed E-state index contributed by atoms with van der Waals surface area (Å²) in [6, 6.07) is 9.92. The number of hydrogen-bond acceptors (Lipinski definition) is 5. The van der Waals surface area contributed by atoms with E-state index in [1.165, 1.54) is 4.88 Å². The van der Waals surface area contributed by atoms with Crippen LogP contribution in [-0.4, -0.2) is 44.7 Å². The van der Waals surface area contributed by atoms with Gasteiger partial charge >= 0.3 is 0 Å². The molecule has 0 bridgehead atoms. The Morgan fingerprint density at radius 1 is 1.19 bits per heavy atom. The SMILES string of the molecule is COc1ccc(CC(=O)NCC2CCN(Cc3cccs3)CC2)cc1OC. The van der Waals surface area contributed by atoms with Gasteiger partial charge in [0.2, 0.25) is 5.91 Å². The Morgan fingerprint density at radius 3 is 2.63 bits per heavy atom. The largest absolute Gasteiger partial charge is 0.493 e. The molecule has 1 N–H and O–H groups in total. The second-order valence-electron chi connectivity index (χ2n) is 6.97. The van der Waals surface area contributed by atoms with Gasteiger partial charge in [0.25, 0.3) is 0 Å². The zero-order valence-electron chi connectivity index (χ0n) is 16.1. The molecule has 2 aromatic rings. The maximum absolute atomic E-state index is 12.3. The zero-order chi connectivity index (χ0) is 19.1. The fourth-order valence-electron chi connectivity index (χ4n) is 3.47. The summed E-state index contributed by atoms with van der Waals surface area (Å²) in [4.78, 5) is 16.2. The van der Waals surface area contributed by atoms with Crippen molar-refractivity contribution in [2.45, 2.75) is 25.8 Å². The van der Waals surface area contributed by atoms with Crippen molar-refractivity contribution in [3.8, 4) is 11.5 Å². The Morgan fingerprint density at radius 2 is 1.96 bits per heavy atom. The molecule has 0 saturated carbocycles. The second kappa shape index (κ2) is 9.76. The lowest BCUT2D eigenvalue weighted by atomic mass is 9.96. The van der Waals surface area contributed by atoms with Crippen molar-refractivity contribution in [1.29, 1.82) is 0 Å². The van der Waals surface area contributed by atoms with Gasteiger partial charge in [-0.05, 0) is 61.0 Å². The standard InChI is InChI=1S/C21H28N2O3S/c1-25-19-6-5-17(12-20(19)26-2)13-21(24)22-14-16-7-9-23(10-8-16)15-18-4-3-11-27-18/h3-6,11-12,16H,7-10,13-15H2,1-2H3,(H,22,24). The lowest BCUT2D eigenvalue weighted by Gasteiger charge is -2.31. The zero-order valence-corrected chi connectivity index (χ0v) is 16.9. The fourth-order valence-corrected chi connectivity index (χ4v) is 4.21. The molecule has 1 saturated heterocycles. The van der Waals surface area contributed by atoms with Crippen LogP contribution >= 0.6 is 11.3 Å². The van der Waals surface area contributed by atoms with E-state index in [1.54, 1.807) is 14.2 Å². The van der Waals surface area contributed by atoms with E-state index in [-0.39, 0.29) is 5.91 Å². The molecule has 0 aliphatic carbocycles. The summed E-state index contributed by atoms with van der Waals surface area (Å²) in [6.45, 7) is 4.03. The molecule has 1 aliphatic rings. The van der Waals surface area contributed by atoms with Gasteiger partial charge in [0, 0.05) is 18.0 Å². The second-order valence-corrected chi connectivity index (χ2v) is 8.00. The third-order valence-corrected chi connectivity index (χ3v) is 5.93. The number of carbonyl (C=O) groups is 1. The van der Waals surface area contributed by atoms with Crippen molar-refractivity contribution in [1.82, 2.24) is 10.2 Å². The predicted molar refractivity (Wildman–Crippen MR) is 109 cm³/mol. The first-order valence-electron chi connectivity index (χ1n) is 9.40. The van der Waals surface area contributed by atoms with E-state index >= 15 is 0 Å². The van der Waals surface area contributed by atoms with E-state index in [1.807, 2.05) is 29.5 Å². The molecule has 0 atom stereocenters. The molecule has 0 spiro atoms. The number of hydrogen-bond donors (Lipinski definition) is 1. The van der Waals surface area contributed by atoms with Gasteiger partial charge in [-0.25, -0.2) is 0 Å². The molecule has 5 nitrogen and oxygen atoms in total. The number of ether oxygens (including phenoxy) is 2. The molecule has 0 radical (unpaired) electrons. The highest BCUT2D eigenvalue weighted by Gasteiger charge is 2.20. The summed E-state index contributed by atoms with van der Waals surface area (Å²) < 4.78 is 10.5. The molecule has 3 rings (SSSR count). The third-order valence-electron chi connectivity index (χ3n) is 5.07. The molecule has 1 aromatic carbocycles. The van der Waals surface area contributed by atoms with Crippen molar-refractivity contribution in [3.63, 3.8) is 0 Å². The first-order valence-corrected chi connectivity index (χ1v) is 10.3. The Labute approximate surface area is 165 Å². The minimum Gasteiger partial charge on any atom is -0.493 e. The summed E-state index contributed by atoms with van der Waals surface area (Å²) in [5.41, 5.74) is 0.927. The van der Waals surface area contributed by atoms with Crippen LogP contribution in [0.3, 0.4) is 0 Å². The van der Waals surface area contributed by atoms with Gasteiger partial charge in [-0.3, -0.25) is 9.69 Å². The number of nitrogens with zero attached hydrogens (tertiary/aromatic N) is 1. The van der Waals surface area contributed by atoms with E-state index in [0.717, 1.165) is 44.6 Å². The van der Waals surface area contributed by atoms with Gasteiger partial charge in [-0.1, -0.05) is 12.1 Å². The molecule has 2 heterocycles. The minimum absolute atomic E-state index is 0.0586. The fraction of sp³-hybridized carbons (Fsp3) is 0.476. The maximum Gasteiger partial charge on any atom is 0.224 e. The van der Waals surface area contributed by atoms with E-state index in [2.05, 4.69) is 27.7 Å². The highest BCUT2D eigenvalue weighted by Crippen LogP contribution is 2.27. The van der Waals surface area contributed by atoms with Crippen LogP contribution in [0.1, 0.15) is 23.3 Å². The minimum atomic E-state index is 0.0586. The van der Waals surface area contributed by atoms with E-state index in [9.17, 15) is 4.79 Å². The molecule has 1 fully saturated rings. The number of methoxy groups -OCH3 is 2. The van der Waals surface area contributed by atoms with Crippen LogP contribution in [0, 0.1) is 5.92 Å². The number of nitrogens with one attached hydrogen (secondary N) is 1. The van der Waals surface area contributed by atoms with Crippen LogP contribution in [0.5, 0.6) is 11.5 Å². The van der Waals surface area contributed by atoms with Crippen LogP contribution in [-0.2, 0) is 17.8 Å². The van der Waals surface area contributed by atoms with E-state index < -0.39 is 0 Å². The van der Waals surface area contributed by atoms with Crippen molar-refractivity contribution in [2.24, 2.45) is 5.92 Å². The Hall–Kier alpha value is -2.05. The smallest absolute Gasteiger partial charge is 0.224 e. The number of thiophene rings is 1. The van der Waals surface area contributed by atoms with Crippen LogP contribution in [0.2, 0.25) is 0 Å². The van der Waals surface area contributed by atoms with Crippen molar-refractivity contribution in [3.05, 3.63) is 46.2 Å².